The van der Waals surface area contributed by atoms with E-state index in [1.807, 2.05) is 13.8 Å². The summed E-state index contributed by atoms with van der Waals surface area (Å²) in [6, 6.07) is 13.0. The van der Waals surface area contributed by atoms with Crippen LogP contribution in [0.1, 0.15) is 31.9 Å². The number of carbonyl (C=O) groups excluding carboxylic acids is 2. The molecule has 0 spiro atoms. The zero-order valence-electron chi connectivity index (χ0n) is 23.3. The van der Waals surface area contributed by atoms with Gasteiger partial charge in [0.1, 0.15) is 12.6 Å². The third kappa shape index (κ3) is 8.56. The molecule has 0 aromatic heterocycles. The normalized spacial score (nSPS) is 12.6. The summed E-state index contributed by atoms with van der Waals surface area (Å²) in [5.74, 6) is -1.34. The molecule has 14 heteroatoms. The summed E-state index contributed by atoms with van der Waals surface area (Å²) in [6.07, 6.45) is -4.91. The molecule has 3 rings (SSSR count). The van der Waals surface area contributed by atoms with Crippen LogP contribution in [0.3, 0.4) is 0 Å². The van der Waals surface area contributed by atoms with E-state index in [9.17, 15) is 31.2 Å². The average molecular weight is 679 g/mol. The van der Waals surface area contributed by atoms with Crippen LogP contribution >= 0.6 is 34.8 Å². The first kappa shape index (κ1) is 34.5. The summed E-state index contributed by atoms with van der Waals surface area (Å²) >= 11 is 18.5. The van der Waals surface area contributed by atoms with Gasteiger partial charge in [-0.2, -0.15) is 13.2 Å². The maximum Gasteiger partial charge on any atom is 0.417 e. The molecule has 0 aliphatic heterocycles. The van der Waals surface area contributed by atoms with Gasteiger partial charge in [0.15, 0.2) is 0 Å². The Morgan fingerprint density at radius 2 is 1.49 bits per heavy atom. The van der Waals surface area contributed by atoms with Gasteiger partial charge in [-0.3, -0.25) is 13.9 Å². The van der Waals surface area contributed by atoms with Crippen LogP contribution in [0.25, 0.3) is 0 Å². The smallest absolute Gasteiger partial charge is 0.354 e. The lowest BCUT2D eigenvalue weighted by Crippen LogP contribution is -2.51. The topological polar surface area (TPSA) is 86.8 Å². The van der Waals surface area contributed by atoms with E-state index in [-0.39, 0.29) is 27.4 Å². The zero-order valence-corrected chi connectivity index (χ0v) is 26.4. The first-order valence-corrected chi connectivity index (χ1v) is 15.6. The highest BCUT2D eigenvalue weighted by Gasteiger charge is 2.37. The van der Waals surface area contributed by atoms with Gasteiger partial charge in [-0.05, 0) is 55.3 Å². The lowest BCUT2D eigenvalue weighted by molar-refractivity contribution is -0.139. The van der Waals surface area contributed by atoms with Crippen molar-refractivity contribution in [2.75, 3.05) is 17.4 Å². The van der Waals surface area contributed by atoms with E-state index >= 15 is 0 Å². The molecule has 0 aliphatic rings. The van der Waals surface area contributed by atoms with Gasteiger partial charge in [-0.25, -0.2) is 8.42 Å². The Hall–Kier alpha value is -2.99. The first-order valence-electron chi connectivity index (χ1n) is 13.0. The number of amides is 2. The highest BCUT2D eigenvalue weighted by Crippen LogP contribution is 2.38. The van der Waals surface area contributed by atoms with Crippen molar-refractivity contribution >= 4 is 62.3 Å². The predicted molar refractivity (Wildman–Crippen MR) is 162 cm³/mol. The maximum absolute atomic E-state index is 14.0. The highest BCUT2D eigenvalue weighted by molar-refractivity contribution is 7.92. The van der Waals surface area contributed by atoms with Crippen LogP contribution in [0, 0.1) is 5.92 Å². The number of alkyl halides is 3. The van der Waals surface area contributed by atoms with E-state index in [0.717, 1.165) is 17.0 Å². The van der Waals surface area contributed by atoms with Crippen molar-refractivity contribution in [3.8, 4) is 0 Å². The standard InChI is InChI=1S/C29H29Cl3F3N3O4S/c1-18(2)15-36-28(40)19(3)37(16-22-24(30)10-7-11-25(22)31)27(39)17-38(43(41,42)21-8-5-4-6-9-21)20-12-13-26(32)23(14-20)29(33,34)35/h4-14,18-19H,15-17H2,1-3H3,(H,36,40)/t19-/m1/s1. The average Bonchev–Trinajstić information content (AvgIpc) is 2.94. The highest BCUT2D eigenvalue weighted by atomic mass is 35.5. The minimum Gasteiger partial charge on any atom is -0.354 e. The van der Waals surface area contributed by atoms with Crippen LogP contribution in [0.4, 0.5) is 18.9 Å². The van der Waals surface area contributed by atoms with Crippen LogP contribution in [-0.2, 0) is 32.3 Å². The van der Waals surface area contributed by atoms with Crippen LogP contribution in [0.2, 0.25) is 15.1 Å². The Labute approximate surface area is 263 Å². The number of nitrogens with one attached hydrogen (secondary N) is 1. The second kappa shape index (κ2) is 14.2. The quantitative estimate of drug-likeness (QED) is 0.236. The third-order valence-corrected chi connectivity index (χ3v) is 9.22. The van der Waals surface area contributed by atoms with E-state index in [2.05, 4.69) is 5.32 Å². The molecule has 3 aromatic rings. The van der Waals surface area contributed by atoms with E-state index in [0.29, 0.717) is 22.5 Å². The van der Waals surface area contributed by atoms with Crippen molar-refractivity contribution < 1.29 is 31.2 Å². The molecule has 0 heterocycles. The summed E-state index contributed by atoms with van der Waals surface area (Å²) in [7, 11) is -4.59. The van der Waals surface area contributed by atoms with Crippen molar-refractivity contribution in [2.24, 2.45) is 5.92 Å². The molecule has 3 aromatic carbocycles. The van der Waals surface area contributed by atoms with Crippen molar-refractivity contribution in [1.82, 2.24) is 10.2 Å². The maximum atomic E-state index is 14.0. The fourth-order valence-electron chi connectivity index (χ4n) is 4.02. The van der Waals surface area contributed by atoms with Gasteiger partial charge in [0, 0.05) is 28.7 Å². The number of benzene rings is 3. The lowest BCUT2D eigenvalue weighted by Gasteiger charge is -2.32. The molecular weight excluding hydrogens is 650 g/mol. The van der Waals surface area contributed by atoms with Crippen LogP contribution in [0.5, 0.6) is 0 Å². The molecule has 0 aliphatic carbocycles. The zero-order chi connectivity index (χ0) is 32.1. The molecule has 7 nitrogen and oxygen atoms in total. The summed E-state index contributed by atoms with van der Waals surface area (Å²) in [5, 5.41) is 2.48. The number of rotatable bonds is 11. The SMILES string of the molecule is CC(C)CNC(=O)[C@@H](C)N(Cc1c(Cl)cccc1Cl)C(=O)CN(c1ccc(Cl)c(C(F)(F)F)c1)S(=O)(=O)c1ccccc1. The number of nitrogens with zero attached hydrogens (tertiary/aromatic N) is 2. The van der Waals surface area contributed by atoms with Gasteiger partial charge in [-0.1, -0.05) is 72.9 Å². The second-order valence-electron chi connectivity index (χ2n) is 10.0. The van der Waals surface area contributed by atoms with Gasteiger partial charge in [-0.15, -0.1) is 0 Å². The van der Waals surface area contributed by atoms with Crippen molar-refractivity contribution in [3.63, 3.8) is 0 Å². The van der Waals surface area contributed by atoms with Gasteiger partial charge >= 0.3 is 6.18 Å². The first-order chi connectivity index (χ1) is 20.0. The Balaban J connectivity index is 2.13. The fourth-order valence-corrected chi connectivity index (χ4v) is 6.19. The molecule has 0 unspecified atom stereocenters. The summed E-state index contributed by atoms with van der Waals surface area (Å²) in [6.45, 7) is 4.26. The molecule has 0 saturated carbocycles. The molecule has 0 fully saturated rings. The Kier molecular flexibility index (Phi) is 11.4. The Bertz CT molecular complexity index is 1550. The minimum absolute atomic E-state index is 0.0950. The molecule has 232 valence electrons. The van der Waals surface area contributed by atoms with Crippen LogP contribution in [-0.4, -0.2) is 44.3 Å². The van der Waals surface area contributed by atoms with Crippen molar-refractivity contribution in [2.45, 2.75) is 44.4 Å². The number of hydrogen-bond acceptors (Lipinski definition) is 4. The molecule has 0 bridgehead atoms. The van der Waals surface area contributed by atoms with Gasteiger partial charge < -0.3 is 10.2 Å². The van der Waals surface area contributed by atoms with Crippen molar-refractivity contribution in [1.29, 1.82) is 0 Å². The summed E-state index contributed by atoms with van der Waals surface area (Å²) in [4.78, 5) is 27.9. The molecule has 0 radical (unpaired) electrons. The number of anilines is 1. The largest absolute Gasteiger partial charge is 0.417 e. The molecule has 43 heavy (non-hydrogen) atoms. The molecule has 1 N–H and O–H groups in total. The van der Waals surface area contributed by atoms with Crippen LogP contribution in [0.15, 0.2) is 71.6 Å². The van der Waals surface area contributed by atoms with E-state index < -0.39 is 56.9 Å². The monoisotopic (exact) mass is 677 g/mol. The van der Waals surface area contributed by atoms with Gasteiger partial charge in [0.25, 0.3) is 10.0 Å². The summed E-state index contributed by atoms with van der Waals surface area (Å²) < 4.78 is 69.4. The van der Waals surface area contributed by atoms with Crippen LogP contribution < -0.4 is 9.62 Å². The molecule has 2 amide bonds. The number of hydrogen-bond donors (Lipinski definition) is 1. The van der Waals surface area contributed by atoms with E-state index in [1.54, 1.807) is 12.1 Å². The third-order valence-electron chi connectivity index (χ3n) is 6.40. The Morgan fingerprint density at radius 3 is 2.05 bits per heavy atom. The van der Waals surface area contributed by atoms with Crippen molar-refractivity contribution in [3.05, 3.63) is 92.9 Å². The molecular formula is C29H29Cl3F3N3O4S. The van der Waals surface area contributed by atoms with E-state index in [4.69, 9.17) is 34.8 Å². The Morgan fingerprint density at radius 1 is 0.884 bits per heavy atom. The van der Waals surface area contributed by atoms with Gasteiger partial charge in [0.05, 0.1) is 21.2 Å². The molecule has 1 atom stereocenters. The number of halogens is 6. The predicted octanol–water partition coefficient (Wildman–Crippen LogP) is 7.05. The van der Waals surface area contributed by atoms with Gasteiger partial charge in [0.2, 0.25) is 11.8 Å². The summed E-state index contributed by atoms with van der Waals surface area (Å²) in [5.41, 5.74) is -1.44. The minimum atomic E-state index is -4.91. The second-order valence-corrected chi connectivity index (χ2v) is 13.1. The number of carbonyl (C=O) groups is 2. The molecule has 0 saturated heterocycles. The number of sulfonamides is 1. The van der Waals surface area contributed by atoms with E-state index in [1.165, 1.54) is 43.3 Å². The fraction of sp³-hybridized carbons (Fsp3) is 0.310. The lowest BCUT2D eigenvalue weighted by atomic mass is 10.1.